The molecule has 0 aliphatic rings. The summed E-state index contributed by atoms with van der Waals surface area (Å²) in [6.07, 6.45) is 0. The third-order valence-corrected chi connectivity index (χ3v) is 0. The second-order valence-corrected chi connectivity index (χ2v) is 0. The molecule has 9 heavy (non-hydrogen) atoms. The largest absolute Gasteiger partial charge is 3.00 e. The molecule has 0 amide bonds. The van der Waals surface area contributed by atoms with E-state index in [4.69, 9.17) is 0 Å². The summed E-state index contributed by atoms with van der Waals surface area (Å²) >= 11 is 0. The van der Waals surface area contributed by atoms with Crippen molar-refractivity contribution in [3.05, 3.63) is 0 Å². The van der Waals surface area contributed by atoms with Crippen molar-refractivity contribution in [2.45, 2.75) is 0 Å². The van der Waals surface area contributed by atoms with Gasteiger partial charge in [0, 0.05) is 0 Å². The van der Waals surface area contributed by atoms with Crippen LogP contribution in [0.25, 0.3) is 0 Å². The third-order valence-electron chi connectivity index (χ3n) is 0. The quantitative estimate of drug-likeness (QED) is 0.174. The van der Waals surface area contributed by atoms with Gasteiger partial charge in [-0.3, -0.25) is 0 Å². The van der Waals surface area contributed by atoms with E-state index in [0.717, 1.165) is 0 Å². The Balaban J connectivity index is 0. The van der Waals surface area contributed by atoms with Crippen LogP contribution in [0.15, 0.2) is 0 Å². The molecular formula is Ba3GaIS4. The van der Waals surface area contributed by atoms with Gasteiger partial charge < -0.3 is 78.0 Å². The zero-order chi connectivity index (χ0) is 0. The van der Waals surface area contributed by atoms with Crippen LogP contribution >= 0.6 is 0 Å². The Morgan fingerprint density at radius 1 is 0.444 bits per heavy atom. The summed E-state index contributed by atoms with van der Waals surface area (Å²) in [5, 5.41) is 0. The summed E-state index contributed by atoms with van der Waals surface area (Å²) in [6.45, 7) is 0. The Kier molecular flexibility index (Phi) is 455. The fourth-order valence-corrected chi connectivity index (χ4v) is 0. The molecule has 0 rings (SSSR count). The minimum Gasteiger partial charge on any atom is -2.00 e. The van der Waals surface area contributed by atoms with E-state index in [0.29, 0.717) is 0 Å². The molecule has 0 aromatic carbocycles. The normalized spacial score (nSPS) is 0. The van der Waals surface area contributed by atoms with Crippen molar-refractivity contribution in [1.82, 2.24) is 0 Å². The van der Waals surface area contributed by atoms with E-state index in [1.165, 1.54) is 0 Å². The second kappa shape index (κ2) is 58.0. The molecule has 0 aliphatic carbocycles. The topological polar surface area (TPSA) is 0 Å². The Labute approximate surface area is 236 Å². The van der Waals surface area contributed by atoms with Gasteiger partial charge in [-0.1, -0.05) is 0 Å². The molecule has 0 spiro atoms. The summed E-state index contributed by atoms with van der Waals surface area (Å²) in [4.78, 5) is 0. The summed E-state index contributed by atoms with van der Waals surface area (Å²) in [7, 11) is 0. The van der Waals surface area contributed by atoms with E-state index in [2.05, 4.69) is 0 Å². The molecule has 0 nitrogen and oxygen atoms in total. The van der Waals surface area contributed by atoms with Crippen LogP contribution in [0, 0.1) is 0 Å². The number of hydrogen-bond donors (Lipinski definition) is 0. The molecule has 40 valence electrons. The maximum absolute atomic E-state index is 0. The van der Waals surface area contributed by atoms with E-state index in [9.17, 15) is 0 Å². The maximum atomic E-state index is 0. The Hall–Kier alpha value is 7.48. The Bertz CT molecular complexity index is 15.8. The van der Waals surface area contributed by atoms with Gasteiger partial charge in [0.1, 0.15) is 0 Å². The number of hydrogen-bond acceptors (Lipinski definition) is 0. The molecular weight excluding hydrogens is 737 g/mol. The van der Waals surface area contributed by atoms with Gasteiger partial charge in [0.25, 0.3) is 0 Å². The van der Waals surface area contributed by atoms with Gasteiger partial charge in [-0.05, 0) is 0 Å². The first-order chi connectivity index (χ1) is 0. The van der Waals surface area contributed by atoms with E-state index in [1.54, 1.807) is 0 Å². The van der Waals surface area contributed by atoms with Crippen molar-refractivity contribution >= 4 is 220 Å². The first-order valence-electron chi connectivity index (χ1n) is 0. The molecule has 0 radical (unpaired) electrons. The number of rotatable bonds is 0. The van der Waals surface area contributed by atoms with Crippen LogP contribution in [0.4, 0.5) is 0 Å². The molecule has 0 aromatic heterocycles. The van der Waals surface area contributed by atoms with Crippen LogP contribution in [0.2, 0.25) is 0 Å². The van der Waals surface area contributed by atoms with Gasteiger partial charge >= 0.3 is 166 Å². The van der Waals surface area contributed by atoms with E-state index in [1.807, 2.05) is 0 Å². The average Bonchev–Trinajstić information content (AvgIpc) is 0. The van der Waals surface area contributed by atoms with Crippen molar-refractivity contribution in [3.8, 4) is 0 Å². The van der Waals surface area contributed by atoms with E-state index in [-0.39, 0.29) is 244 Å². The fraction of sp³-hybridized carbons (Fsp3) is 0. The SMILES string of the molecule is [Ba+2].[Ba+2].[Ba+2].[Ga+3].[I-].[S-2].[S-2].[S-2].[S-2]. The molecule has 0 fully saturated rings. The first-order valence-corrected chi connectivity index (χ1v) is 0. The third kappa shape index (κ3) is 50.3. The van der Waals surface area contributed by atoms with Gasteiger partial charge in [-0.15, -0.1) is 0 Å². The van der Waals surface area contributed by atoms with Crippen LogP contribution in [-0.2, 0) is 54.0 Å². The maximum Gasteiger partial charge on any atom is 3.00 e. The molecule has 0 aromatic rings. The fourth-order valence-electron chi connectivity index (χ4n) is 0. The summed E-state index contributed by atoms with van der Waals surface area (Å²) in [5.41, 5.74) is 0. The first kappa shape index (κ1) is 70.6. The molecule has 0 heterocycles. The predicted octanol–water partition coefficient (Wildman–Crippen LogP) is -4.53. The predicted molar refractivity (Wildman–Crippen MR) is 52.5 cm³/mol. The van der Waals surface area contributed by atoms with Crippen molar-refractivity contribution in [3.63, 3.8) is 0 Å². The summed E-state index contributed by atoms with van der Waals surface area (Å²) < 4.78 is 0. The molecule has 0 bridgehead atoms. The Morgan fingerprint density at radius 2 is 0.444 bits per heavy atom. The molecule has 9 heteroatoms. The van der Waals surface area contributed by atoms with Gasteiger partial charge in [0.2, 0.25) is 0 Å². The van der Waals surface area contributed by atoms with Crippen LogP contribution in [-0.4, -0.2) is 166 Å². The van der Waals surface area contributed by atoms with Gasteiger partial charge in [-0.2, -0.15) is 0 Å². The molecule has 0 aliphatic heterocycles. The van der Waals surface area contributed by atoms with Crippen molar-refractivity contribution in [2.75, 3.05) is 0 Å². The average molecular weight is 737 g/mol. The summed E-state index contributed by atoms with van der Waals surface area (Å²) in [5.74, 6) is 0. The van der Waals surface area contributed by atoms with Crippen LogP contribution in [0.3, 0.4) is 0 Å². The molecule has 0 atom stereocenters. The summed E-state index contributed by atoms with van der Waals surface area (Å²) in [6, 6.07) is 0. The minimum atomic E-state index is 0. The zero-order valence-corrected chi connectivity index (χ0v) is 25.9. The standard InChI is InChI=1S/3Ba.Ga.HI.4S/h;;;;1H;;;;/q3*+2;+3;;4*-2/p-1. The van der Waals surface area contributed by atoms with E-state index < -0.39 is 0 Å². The zero-order valence-electron chi connectivity index (χ0n) is 4.71. The van der Waals surface area contributed by atoms with Gasteiger partial charge in [0.05, 0.1) is 0 Å². The number of halogens is 1. The van der Waals surface area contributed by atoms with Crippen molar-refractivity contribution in [1.29, 1.82) is 0 Å². The van der Waals surface area contributed by atoms with Crippen LogP contribution in [0.5, 0.6) is 0 Å². The Morgan fingerprint density at radius 3 is 0.444 bits per heavy atom. The molecule has 0 unspecified atom stereocenters. The second-order valence-electron chi connectivity index (χ2n) is 0. The minimum absolute atomic E-state index is 0. The van der Waals surface area contributed by atoms with Crippen LogP contribution in [0.1, 0.15) is 0 Å². The van der Waals surface area contributed by atoms with Crippen molar-refractivity contribution in [2.24, 2.45) is 0 Å². The van der Waals surface area contributed by atoms with Gasteiger partial charge in [0.15, 0.2) is 0 Å². The van der Waals surface area contributed by atoms with Crippen molar-refractivity contribution < 1.29 is 24.0 Å². The van der Waals surface area contributed by atoms with Gasteiger partial charge in [-0.25, -0.2) is 0 Å². The molecule has 0 N–H and O–H groups in total. The van der Waals surface area contributed by atoms with Crippen LogP contribution < -0.4 is 24.0 Å². The molecule has 0 saturated carbocycles. The molecule has 0 saturated heterocycles. The van der Waals surface area contributed by atoms with E-state index >= 15 is 0 Å². The smallest absolute Gasteiger partial charge is 2.00 e. The monoisotopic (exact) mass is 737 g/mol.